The monoisotopic (exact) mass is 484 g/mol. The van der Waals surface area contributed by atoms with Crippen LogP contribution in [0.5, 0.6) is 0 Å². The third kappa shape index (κ3) is 9.00. The van der Waals surface area contributed by atoms with Crippen LogP contribution in [-0.4, -0.2) is 72.6 Å². The Morgan fingerprint density at radius 3 is 2.24 bits per heavy atom. The molecule has 0 radical (unpaired) electrons. The van der Waals surface area contributed by atoms with Gasteiger partial charge in [0.2, 0.25) is 5.91 Å². The fraction of sp³-hybridized carbons (Fsp3) is 0.423. The highest BCUT2D eigenvalue weighted by Gasteiger charge is 2.21. The number of thiophene rings is 1. The van der Waals surface area contributed by atoms with Crippen molar-refractivity contribution >= 4 is 29.1 Å². The fourth-order valence-corrected chi connectivity index (χ4v) is 3.57. The maximum absolute atomic E-state index is 12.2. The molecule has 1 aromatic carbocycles. The molecule has 0 unspecified atom stereocenters. The Bertz CT molecular complexity index is 1050. The Morgan fingerprint density at radius 2 is 1.71 bits per heavy atom. The smallest absolute Gasteiger partial charge is 0.345 e. The first kappa shape index (κ1) is 27.1. The summed E-state index contributed by atoms with van der Waals surface area (Å²) in [4.78, 5) is 39.2. The van der Waals surface area contributed by atoms with Gasteiger partial charge in [0.15, 0.2) is 0 Å². The van der Waals surface area contributed by atoms with Crippen LogP contribution in [-0.2, 0) is 9.53 Å². The molecule has 2 aromatic rings. The first-order valence-corrected chi connectivity index (χ1v) is 11.8. The van der Waals surface area contributed by atoms with E-state index in [4.69, 9.17) is 9.84 Å². The number of carbonyl (C=O) groups is 3. The number of carboxylic acids is 1. The van der Waals surface area contributed by atoms with Gasteiger partial charge in [0.1, 0.15) is 4.88 Å². The summed E-state index contributed by atoms with van der Waals surface area (Å²) < 4.78 is 5.21. The van der Waals surface area contributed by atoms with Gasteiger partial charge in [-0.1, -0.05) is 29.5 Å². The van der Waals surface area contributed by atoms with Crippen LogP contribution >= 0.6 is 11.3 Å². The second kappa shape index (κ2) is 12.4. The molecule has 182 valence electrons. The highest BCUT2D eigenvalue weighted by Crippen LogP contribution is 2.17. The largest absolute Gasteiger partial charge is 0.477 e. The van der Waals surface area contributed by atoms with Gasteiger partial charge >= 0.3 is 5.97 Å². The van der Waals surface area contributed by atoms with Gasteiger partial charge in [-0.05, 0) is 52.0 Å². The maximum atomic E-state index is 12.2. The zero-order valence-electron chi connectivity index (χ0n) is 20.4. The Labute approximate surface area is 205 Å². The van der Waals surface area contributed by atoms with Crippen molar-refractivity contribution in [1.82, 2.24) is 9.80 Å². The van der Waals surface area contributed by atoms with Gasteiger partial charge in [-0.3, -0.25) is 9.59 Å². The topological polar surface area (TPSA) is 87.2 Å². The van der Waals surface area contributed by atoms with Gasteiger partial charge in [-0.15, -0.1) is 11.3 Å². The average Bonchev–Trinajstić information content (AvgIpc) is 3.28. The second-order valence-corrected chi connectivity index (χ2v) is 10.1. The lowest BCUT2D eigenvalue weighted by molar-refractivity contribution is -0.135. The molecule has 1 fully saturated rings. The molecule has 1 aromatic heterocycles. The van der Waals surface area contributed by atoms with Crippen molar-refractivity contribution in [1.29, 1.82) is 0 Å². The van der Waals surface area contributed by atoms with Crippen LogP contribution in [0.2, 0.25) is 0 Å². The molecule has 1 N–H and O–H groups in total. The maximum Gasteiger partial charge on any atom is 0.345 e. The standard InChI is InChI=1S/C15H20N2O3.C11H12O2S/c1-12-3-5-13(6-4-12)15(19)16(2)11-14(18)17-7-9-20-10-8-17;1-11(2,3)7-6-8-4-5-9(14-8)10(12)13/h3-6H,7-11H2,1-2H3;4-5H,1-3H3,(H,12,13). The summed E-state index contributed by atoms with van der Waals surface area (Å²) in [5.74, 6) is 4.97. The number of aromatic carboxylic acids is 1. The van der Waals surface area contributed by atoms with Gasteiger partial charge in [0.25, 0.3) is 5.91 Å². The average molecular weight is 485 g/mol. The predicted octanol–water partition coefficient (Wildman–Crippen LogP) is 3.77. The Balaban J connectivity index is 0.000000257. The van der Waals surface area contributed by atoms with Crippen LogP contribution in [0.1, 0.15) is 51.2 Å². The van der Waals surface area contributed by atoms with Crippen LogP contribution in [0.4, 0.5) is 0 Å². The minimum atomic E-state index is -0.890. The molecule has 0 aliphatic carbocycles. The summed E-state index contributed by atoms with van der Waals surface area (Å²) in [6.45, 7) is 10.5. The van der Waals surface area contributed by atoms with Gasteiger partial charge < -0.3 is 19.6 Å². The first-order valence-electron chi connectivity index (χ1n) is 11.0. The molecule has 2 heterocycles. The number of ether oxygens (including phenoxy) is 1. The normalized spacial score (nSPS) is 13.1. The molecule has 3 rings (SSSR count). The van der Waals surface area contributed by atoms with E-state index in [1.54, 1.807) is 36.2 Å². The van der Waals surface area contributed by atoms with Crippen molar-refractivity contribution in [3.63, 3.8) is 0 Å². The van der Waals surface area contributed by atoms with E-state index < -0.39 is 5.97 Å². The molecule has 2 amide bonds. The molecule has 7 nitrogen and oxygen atoms in total. The summed E-state index contributed by atoms with van der Waals surface area (Å²) in [6.07, 6.45) is 0. The molecule has 8 heteroatoms. The first-order chi connectivity index (χ1) is 16.0. The lowest BCUT2D eigenvalue weighted by Gasteiger charge is -2.28. The Kier molecular flexibility index (Phi) is 9.84. The van der Waals surface area contributed by atoms with Crippen molar-refractivity contribution in [3.8, 4) is 11.8 Å². The number of hydrogen-bond acceptors (Lipinski definition) is 5. The lowest BCUT2D eigenvalue weighted by Crippen LogP contribution is -2.46. The van der Waals surface area contributed by atoms with Gasteiger partial charge in [-0.25, -0.2) is 4.79 Å². The summed E-state index contributed by atoms with van der Waals surface area (Å²) in [5, 5.41) is 8.69. The van der Waals surface area contributed by atoms with E-state index in [0.717, 1.165) is 10.4 Å². The van der Waals surface area contributed by atoms with Crippen molar-refractivity contribution < 1.29 is 24.2 Å². The summed E-state index contributed by atoms with van der Waals surface area (Å²) in [5.41, 5.74) is 1.66. The minimum Gasteiger partial charge on any atom is -0.477 e. The van der Waals surface area contributed by atoms with Crippen LogP contribution in [0.25, 0.3) is 0 Å². The third-order valence-electron chi connectivity index (χ3n) is 4.76. The van der Waals surface area contributed by atoms with E-state index in [1.165, 1.54) is 16.2 Å². The number of nitrogens with zero attached hydrogens (tertiary/aromatic N) is 2. The number of carboxylic acid groups (broad SMARTS) is 1. The number of carbonyl (C=O) groups excluding carboxylic acids is 2. The summed E-state index contributed by atoms with van der Waals surface area (Å²) in [6, 6.07) is 10.7. The predicted molar refractivity (Wildman–Crippen MR) is 133 cm³/mol. The number of benzene rings is 1. The molecular weight excluding hydrogens is 452 g/mol. The zero-order chi connectivity index (χ0) is 25.3. The summed E-state index contributed by atoms with van der Waals surface area (Å²) >= 11 is 1.21. The molecule has 0 atom stereocenters. The number of aryl methyl sites for hydroxylation is 1. The van der Waals surface area contributed by atoms with Crippen LogP contribution < -0.4 is 0 Å². The van der Waals surface area contributed by atoms with Gasteiger partial charge in [0.05, 0.1) is 24.6 Å². The molecular formula is C26H32N2O5S. The zero-order valence-corrected chi connectivity index (χ0v) is 21.2. The SMILES string of the molecule is CC(C)(C)C#Cc1ccc(C(=O)O)s1.Cc1ccc(C(=O)N(C)CC(=O)N2CCOCC2)cc1. The van der Waals surface area contributed by atoms with Gasteiger partial charge in [-0.2, -0.15) is 0 Å². The second-order valence-electron chi connectivity index (χ2n) is 8.99. The molecule has 1 aliphatic heterocycles. The highest BCUT2D eigenvalue weighted by atomic mass is 32.1. The van der Waals surface area contributed by atoms with Crippen LogP contribution in [0.15, 0.2) is 36.4 Å². The van der Waals surface area contributed by atoms with Crippen molar-refractivity contribution in [2.45, 2.75) is 27.7 Å². The number of likely N-dealkylation sites (N-methyl/N-ethyl adjacent to an activating group) is 1. The van der Waals surface area contributed by atoms with E-state index in [1.807, 2.05) is 39.8 Å². The van der Waals surface area contributed by atoms with E-state index in [2.05, 4.69) is 11.8 Å². The van der Waals surface area contributed by atoms with Crippen molar-refractivity contribution in [3.05, 3.63) is 57.3 Å². The molecule has 0 bridgehead atoms. The Morgan fingerprint density at radius 1 is 1.09 bits per heavy atom. The molecule has 34 heavy (non-hydrogen) atoms. The highest BCUT2D eigenvalue weighted by molar-refractivity contribution is 7.14. The van der Waals surface area contributed by atoms with Crippen LogP contribution in [0, 0.1) is 24.2 Å². The van der Waals surface area contributed by atoms with E-state index >= 15 is 0 Å². The third-order valence-corrected chi connectivity index (χ3v) is 5.75. The molecule has 1 aliphatic rings. The Hall–Kier alpha value is -3.15. The number of morpholine rings is 1. The molecule has 0 saturated carbocycles. The van der Waals surface area contributed by atoms with E-state index in [9.17, 15) is 14.4 Å². The molecule has 0 spiro atoms. The lowest BCUT2D eigenvalue weighted by atomic mass is 9.98. The molecule has 1 saturated heterocycles. The van der Waals surface area contributed by atoms with E-state index in [0.29, 0.717) is 36.7 Å². The quantitative estimate of drug-likeness (QED) is 0.668. The van der Waals surface area contributed by atoms with Crippen molar-refractivity contribution in [2.75, 3.05) is 39.9 Å². The van der Waals surface area contributed by atoms with Crippen LogP contribution in [0.3, 0.4) is 0 Å². The van der Waals surface area contributed by atoms with E-state index in [-0.39, 0.29) is 23.8 Å². The number of hydrogen-bond donors (Lipinski definition) is 1. The minimum absolute atomic E-state index is 0.0312. The van der Waals surface area contributed by atoms with Crippen molar-refractivity contribution in [2.24, 2.45) is 5.41 Å². The number of rotatable bonds is 4. The number of amides is 2. The van der Waals surface area contributed by atoms with Gasteiger partial charge in [0, 0.05) is 31.1 Å². The summed E-state index contributed by atoms with van der Waals surface area (Å²) in [7, 11) is 1.65. The fourth-order valence-electron chi connectivity index (χ4n) is 2.87.